The Morgan fingerprint density at radius 2 is 2.29 bits per heavy atom. The normalized spacial score (nSPS) is 10.9. The summed E-state index contributed by atoms with van der Waals surface area (Å²) in [6.45, 7) is 0. The number of thiophene rings is 1. The molecule has 0 atom stereocenters. The highest BCUT2D eigenvalue weighted by molar-refractivity contribution is 7.16. The predicted molar refractivity (Wildman–Crippen MR) is 63.5 cm³/mol. The minimum absolute atomic E-state index is 0.144. The summed E-state index contributed by atoms with van der Waals surface area (Å²) < 4.78 is 7.02. The molecular weight excluding hydrogens is 262 g/mol. The SMILES string of the molecule is Cn1cnc(Oc2nc(Cl)nc3sccc23)n1. The van der Waals surface area contributed by atoms with Crippen molar-refractivity contribution >= 4 is 33.2 Å². The number of hydrogen-bond acceptors (Lipinski definition) is 6. The lowest BCUT2D eigenvalue weighted by Gasteiger charge is -2.01. The smallest absolute Gasteiger partial charge is 0.342 e. The van der Waals surface area contributed by atoms with E-state index in [9.17, 15) is 0 Å². The summed E-state index contributed by atoms with van der Waals surface area (Å²) in [5.41, 5.74) is 0. The van der Waals surface area contributed by atoms with E-state index in [-0.39, 0.29) is 11.3 Å². The standard InChI is InChI=1S/C9H6ClN5OS/c1-15-4-11-9(14-15)16-6-5-2-3-17-7(5)13-8(10)12-6/h2-4H,1H3. The maximum absolute atomic E-state index is 5.81. The summed E-state index contributed by atoms with van der Waals surface area (Å²) >= 11 is 7.28. The summed E-state index contributed by atoms with van der Waals surface area (Å²) in [5, 5.41) is 6.85. The average molecular weight is 268 g/mol. The maximum atomic E-state index is 5.81. The third-order valence-corrected chi connectivity index (χ3v) is 3.00. The number of nitrogens with zero attached hydrogens (tertiary/aromatic N) is 5. The fourth-order valence-corrected chi connectivity index (χ4v) is 2.30. The molecule has 0 aliphatic rings. The van der Waals surface area contributed by atoms with Crippen molar-refractivity contribution in [1.82, 2.24) is 24.7 Å². The molecule has 8 heteroatoms. The van der Waals surface area contributed by atoms with Gasteiger partial charge < -0.3 is 4.74 Å². The Bertz CT molecular complexity index is 679. The molecule has 0 fully saturated rings. The summed E-state index contributed by atoms with van der Waals surface area (Å²) in [6, 6.07) is 2.10. The fraction of sp³-hybridized carbons (Fsp3) is 0.111. The topological polar surface area (TPSA) is 65.7 Å². The molecule has 17 heavy (non-hydrogen) atoms. The van der Waals surface area contributed by atoms with Gasteiger partial charge in [0.25, 0.3) is 0 Å². The van der Waals surface area contributed by atoms with Gasteiger partial charge in [0.15, 0.2) is 0 Å². The number of halogens is 1. The second kappa shape index (κ2) is 3.94. The van der Waals surface area contributed by atoms with Gasteiger partial charge in [0.2, 0.25) is 11.2 Å². The molecule has 0 aromatic carbocycles. The van der Waals surface area contributed by atoms with Crippen LogP contribution in [0.3, 0.4) is 0 Å². The number of aromatic nitrogens is 5. The lowest BCUT2D eigenvalue weighted by atomic mass is 10.4. The second-order valence-electron chi connectivity index (χ2n) is 3.24. The van der Waals surface area contributed by atoms with Crippen molar-refractivity contribution in [2.24, 2.45) is 7.05 Å². The van der Waals surface area contributed by atoms with Crippen LogP contribution in [0, 0.1) is 0 Å². The zero-order valence-corrected chi connectivity index (χ0v) is 10.2. The minimum Gasteiger partial charge on any atom is -0.403 e. The average Bonchev–Trinajstić information content (AvgIpc) is 2.87. The van der Waals surface area contributed by atoms with Crippen molar-refractivity contribution in [3.05, 3.63) is 23.1 Å². The van der Waals surface area contributed by atoms with E-state index in [0.29, 0.717) is 5.88 Å². The number of ether oxygens (including phenoxy) is 1. The van der Waals surface area contributed by atoms with Gasteiger partial charge in [0.05, 0.1) is 5.39 Å². The van der Waals surface area contributed by atoms with Crippen LogP contribution in [0.2, 0.25) is 5.28 Å². The first-order valence-corrected chi connectivity index (χ1v) is 5.92. The van der Waals surface area contributed by atoms with E-state index < -0.39 is 0 Å². The van der Waals surface area contributed by atoms with Gasteiger partial charge in [-0.05, 0) is 23.0 Å². The second-order valence-corrected chi connectivity index (χ2v) is 4.47. The van der Waals surface area contributed by atoms with Crippen LogP contribution in [-0.4, -0.2) is 24.7 Å². The Kier molecular flexibility index (Phi) is 2.41. The largest absolute Gasteiger partial charge is 0.403 e. The highest BCUT2D eigenvalue weighted by Crippen LogP contribution is 2.29. The third-order valence-electron chi connectivity index (χ3n) is 2.03. The maximum Gasteiger partial charge on any atom is 0.342 e. The Morgan fingerprint density at radius 3 is 3.06 bits per heavy atom. The van der Waals surface area contributed by atoms with Crippen LogP contribution in [0.25, 0.3) is 10.2 Å². The zero-order chi connectivity index (χ0) is 11.8. The van der Waals surface area contributed by atoms with Crippen molar-refractivity contribution in [2.75, 3.05) is 0 Å². The number of fused-ring (bicyclic) bond motifs is 1. The van der Waals surface area contributed by atoms with Gasteiger partial charge in [-0.2, -0.15) is 9.97 Å². The first-order valence-electron chi connectivity index (χ1n) is 4.66. The van der Waals surface area contributed by atoms with E-state index in [1.165, 1.54) is 11.3 Å². The Labute approximate surface area is 105 Å². The molecular formula is C9H6ClN5OS. The molecule has 0 N–H and O–H groups in total. The Balaban J connectivity index is 2.07. The van der Waals surface area contributed by atoms with E-state index >= 15 is 0 Å². The first-order chi connectivity index (χ1) is 8.22. The third kappa shape index (κ3) is 1.94. The summed E-state index contributed by atoms with van der Waals surface area (Å²) in [5.74, 6) is 0.368. The molecule has 0 saturated carbocycles. The van der Waals surface area contributed by atoms with Crippen LogP contribution in [0.15, 0.2) is 17.8 Å². The van der Waals surface area contributed by atoms with Gasteiger partial charge in [0.1, 0.15) is 11.2 Å². The molecule has 86 valence electrons. The van der Waals surface area contributed by atoms with Crippen LogP contribution in [0.1, 0.15) is 0 Å². The van der Waals surface area contributed by atoms with Crippen molar-refractivity contribution in [3.8, 4) is 11.9 Å². The van der Waals surface area contributed by atoms with Crippen LogP contribution < -0.4 is 4.74 Å². The fourth-order valence-electron chi connectivity index (χ4n) is 1.33. The molecule has 6 nitrogen and oxygen atoms in total. The summed E-state index contributed by atoms with van der Waals surface area (Å²) in [7, 11) is 1.76. The first kappa shape index (κ1) is 10.4. The Morgan fingerprint density at radius 1 is 1.41 bits per heavy atom. The van der Waals surface area contributed by atoms with Gasteiger partial charge in [-0.1, -0.05) is 0 Å². The molecule has 0 bridgehead atoms. The van der Waals surface area contributed by atoms with E-state index in [1.54, 1.807) is 18.1 Å². The van der Waals surface area contributed by atoms with Gasteiger partial charge in [0, 0.05) is 7.05 Å². The molecule has 0 aliphatic carbocycles. The van der Waals surface area contributed by atoms with Crippen LogP contribution in [0.4, 0.5) is 0 Å². The molecule has 3 aromatic heterocycles. The molecule has 0 aliphatic heterocycles. The lowest BCUT2D eigenvalue weighted by Crippen LogP contribution is -1.93. The number of aryl methyl sites for hydroxylation is 1. The summed E-state index contributed by atoms with van der Waals surface area (Å²) in [6.07, 6.45) is 1.54. The van der Waals surface area contributed by atoms with Crippen molar-refractivity contribution in [3.63, 3.8) is 0 Å². The molecule has 3 heterocycles. The monoisotopic (exact) mass is 267 g/mol. The van der Waals surface area contributed by atoms with Crippen molar-refractivity contribution in [1.29, 1.82) is 0 Å². The van der Waals surface area contributed by atoms with Gasteiger partial charge >= 0.3 is 6.01 Å². The van der Waals surface area contributed by atoms with E-state index in [1.807, 2.05) is 11.4 Å². The van der Waals surface area contributed by atoms with Gasteiger partial charge in [-0.15, -0.1) is 16.4 Å². The van der Waals surface area contributed by atoms with Crippen LogP contribution >= 0.6 is 22.9 Å². The molecule has 0 unspecified atom stereocenters. The Hall–Kier alpha value is -1.73. The van der Waals surface area contributed by atoms with Crippen LogP contribution in [-0.2, 0) is 7.05 Å². The molecule has 0 saturated heterocycles. The van der Waals surface area contributed by atoms with Gasteiger partial charge in [-0.3, -0.25) is 4.68 Å². The molecule has 3 rings (SSSR count). The lowest BCUT2D eigenvalue weighted by molar-refractivity contribution is 0.427. The molecule has 0 radical (unpaired) electrons. The van der Waals surface area contributed by atoms with E-state index in [2.05, 4.69) is 20.1 Å². The van der Waals surface area contributed by atoms with Crippen molar-refractivity contribution in [2.45, 2.75) is 0 Å². The summed E-state index contributed by atoms with van der Waals surface area (Å²) in [4.78, 5) is 12.9. The van der Waals surface area contributed by atoms with Gasteiger partial charge in [-0.25, -0.2) is 4.98 Å². The zero-order valence-electron chi connectivity index (χ0n) is 8.66. The molecule has 0 amide bonds. The quantitative estimate of drug-likeness (QED) is 0.667. The molecule has 0 spiro atoms. The highest BCUT2D eigenvalue weighted by Gasteiger charge is 2.11. The van der Waals surface area contributed by atoms with E-state index in [0.717, 1.165) is 10.2 Å². The number of rotatable bonds is 2. The van der Waals surface area contributed by atoms with E-state index in [4.69, 9.17) is 16.3 Å². The predicted octanol–water partition coefficient (Wildman–Crippen LogP) is 2.27. The highest BCUT2D eigenvalue weighted by atomic mass is 35.5. The van der Waals surface area contributed by atoms with Crippen molar-refractivity contribution < 1.29 is 4.74 Å². The number of hydrogen-bond donors (Lipinski definition) is 0. The van der Waals surface area contributed by atoms with Crippen LogP contribution in [0.5, 0.6) is 11.9 Å². The molecule has 3 aromatic rings. The minimum atomic E-state index is 0.144.